The predicted molar refractivity (Wildman–Crippen MR) is 88.6 cm³/mol. The van der Waals surface area contributed by atoms with E-state index in [-0.39, 0.29) is 5.91 Å². The van der Waals surface area contributed by atoms with Gasteiger partial charge in [0, 0.05) is 10.4 Å². The maximum absolute atomic E-state index is 11.6. The highest BCUT2D eigenvalue weighted by molar-refractivity contribution is 7.16. The van der Waals surface area contributed by atoms with Crippen LogP contribution in [0.25, 0.3) is 11.3 Å². The van der Waals surface area contributed by atoms with Gasteiger partial charge in [-0.25, -0.2) is 4.98 Å². The molecule has 2 aromatic rings. The van der Waals surface area contributed by atoms with Crippen molar-refractivity contribution >= 4 is 22.4 Å². The SMILES string of the molecule is CCCc1ccc(-c2nc(NC(=O)C(C)N)sc2C)cc1. The lowest BCUT2D eigenvalue weighted by molar-refractivity contribution is -0.117. The highest BCUT2D eigenvalue weighted by Crippen LogP contribution is 2.30. The summed E-state index contributed by atoms with van der Waals surface area (Å²) in [5.74, 6) is -0.214. The zero-order valence-electron chi connectivity index (χ0n) is 12.6. The average Bonchev–Trinajstić information content (AvgIpc) is 2.80. The number of carbonyl (C=O) groups is 1. The fourth-order valence-electron chi connectivity index (χ4n) is 2.05. The van der Waals surface area contributed by atoms with Gasteiger partial charge in [0.25, 0.3) is 0 Å². The molecular formula is C16H21N3OS. The second-order valence-electron chi connectivity index (χ2n) is 5.15. The van der Waals surface area contributed by atoms with Gasteiger partial charge in [0.2, 0.25) is 5.91 Å². The zero-order valence-corrected chi connectivity index (χ0v) is 13.5. The van der Waals surface area contributed by atoms with E-state index < -0.39 is 6.04 Å². The monoisotopic (exact) mass is 303 g/mol. The van der Waals surface area contributed by atoms with Gasteiger partial charge in [-0.2, -0.15) is 0 Å². The molecule has 3 N–H and O–H groups in total. The molecule has 0 bridgehead atoms. The Morgan fingerprint density at radius 1 is 1.38 bits per heavy atom. The Kier molecular flexibility index (Phi) is 5.09. The number of thiazole rings is 1. The molecule has 0 spiro atoms. The van der Waals surface area contributed by atoms with E-state index in [0.717, 1.165) is 29.0 Å². The van der Waals surface area contributed by atoms with Crippen molar-refractivity contribution in [3.05, 3.63) is 34.7 Å². The van der Waals surface area contributed by atoms with E-state index in [1.807, 2.05) is 6.92 Å². The number of amides is 1. The lowest BCUT2D eigenvalue weighted by Gasteiger charge is -2.04. The smallest absolute Gasteiger partial charge is 0.242 e. The molecule has 4 nitrogen and oxygen atoms in total. The van der Waals surface area contributed by atoms with Gasteiger partial charge in [0.15, 0.2) is 5.13 Å². The first-order valence-corrected chi connectivity index (χ1v) is 7.96. The highest BCUT2D eigenvalue weighted by Gasteiger charge is 2.13. The summed E-state index contributed by atoms with van der Waals surface area (Å²) in [5, 5.41) is 3.35. The molecule has 0 radical (unpaired) electrons. The van der Waals surface area contributed by atoms with E-state index in [9.17, 15) is 4.79 Å². The van der Waals surface area contributed by atoms with Gasteiger partial charge in [-0.05, 0) is 25.8 Å². The molecule has 1 aromatic heterocycles. The van der Waals surface area contributed by atoms with Crippen LogP contribution in [0.5, 0.6) is 0 Å². The normalized spacial score (nSPS) is 12.2. The highest BCUT2D eigenvalue weighted by atomic mass is 32.1. The summed E-state index contributed by atoms with van der Waals surface area (Å²) in [6.07, 6.45) is 2.23. The molecule has 112 valence electrons. The van der Waals surface area contributed by atoms with Crippen LogP contribution in [0.2, 0.25) is 0 Å². The summed E-state index contributed by atoms with van der Waals surface area (Å²) in [6, 6.07) is 7.91. The third-order valence-electron chi connectivity index (χ3n) is 3.21. The van der Waals surface area contributed by atoms with Gasteiger partial charge in [-0.1, -0.05) is 37.6 Å². The number of benzene rings is 1. The number of aromatic nitrogens is 1. The minimum atomic E-state index is -0.536. The van der Waals surface area contributed by atoms with Crippen molar-refractivity contribution in [3.63, 3.8) is 0 Å². The van der Waals surface area contributed by atoms with Crippen molar-refractivity contribution in [2.75, 3.05) is 5.32 Å². The summed E-state index contributed by atoms with van der Waals surface area (Å²) in [5.41, 5.74) is 8.88. The van der Waals surface area contributed by atoms with Crippen LogP contribution in [0.3, 0.4) is 0 Å². The number of anilines is 1. The molecule has 1 atom stereocenters. The van der Waals surface area contributed by atoms with Gasteiger partial charge >= 0.3 is 0 Å². The van der Waals surface area contributed by atoms with E-state index in [0.29, 0.717) is 5.13 Å². The maximum Gasteiger partial charge on any atom is 0.242 e. The van der Waals surface area contributed by atoms with Crippen LogP contribution in [0.1, 0.15) is 30.7 Å². The number of aryl methyl sites for hydroxylation is 2. The minimum absolute atomic E-state index is 0.214. The Hall–Kier alpha value is -1.72. The predicted octanol–water partition coefficient (Wildman–Crippen LogP) is 3.36. The second-order valence-corrected chi connectivity index (χ2v) is 6.35. The van der Waals surface area contributed by atoms with Crippen LogP contribution in [0, 0.1) is 6.92 Å². The quantitative estimate of drug-likeness (QED) is 0.890. The summed E-state index contributed by atoms with van der Waals surface area (Å²) in [7, 11) is 0. The summed E-state index contributed by atoms with van der Waals surface area (Å²) in [4.78, 5) is 17.2. The minimum Gasteiger partial charge on any atom is -0.320 e. The molecule has 0 aliphatic carbocycles. The van der Waals surface area contributed by atoms with Crippen molar-refractivity contribution < 1.29 is 4.79 Å². The Balaban J connectivity index is 2.20. The van der Waals surface area contributed by atoms with Crippen molar-refractivity contribution in [1.29, 1.82) is 0 Å². The third kappa shape index (κ3) is 3.89. The standard InChI is InChI=1S/C16H21N3OS/c1-4-5-12-6-8-13(9-7-12)14-11(3)21-16(18-14)19-15(20)10(2)17/h6-10H,4-5,17H2,1-3H3,(H,18,19,20). The van der Waals surface area contributed by atoms with Crippen LogP contribution in [-0.4, -0.2) is 16.9 Å². The van der Waals surface area contributed by atoms with E-state index in [1.54, 1.807) is 6.92 Å². The average molecular weight is 303 g/mol. The summed E-state index contributed by atoms with van der Waals surface area (Å²) in [6.45, 7) is 5.84. The van der Waals surface area contributed by atoms with Gasteiger partial charge in [0.05, 0.1) is 11.7 Å². The molecule has 2 rings (SSSR count). The zero-order chi connectivity index (χ0) is 15.4. The largest absolute Gasteiger partial charge is 0.320 e. The van der Waals surface area contributed by atoms with E-state index >= 15 is 0 Å². The first-order chi connectivity index (χ1) is 10.0. The number of rotatable bonds is 5. The molecule has 0 aliphatic rings. The van der Waals surface area contributed by atoms with Crippen molar-refractivity contribution in [2.24, 2.45) is 5.73 Å². The summed E-state index contributed by atoms with van der Waals surface area (Å²) < 4.78 is 0. The van der Waals surface area contributed by atoms with Gasteiger partial charge in [0.1, 0.15) is 0 Å². The molecule has 1 unspecified atom stereocenters. The number of nitrogens with two attached hydrogens (primary N) is 1. The Morgan fingerprint density at radius 3 is 2.62 bits per heavy atom. The third-order valence-corrected chi connectivity index (χ3v) is 4.09. The first kappa shape index (κ1) is 15.7. The topological polar surface area (TPSA) is 68.0 Å². The van der Waals surface area contributed by atoms with Crippen LogP contribution in [-0.2, 0) is 11.2 Å². The second kappa shape index (κ2) is 6.83. The Labute approximate surface area is 129 Å². The van der Waals surface area contributed by atoms with Crippen molar-refractivity contribution in [1.82, 2.24) is 4.98 Å². The van der Waals surface area contributed by atoms with Crippen LogP contribution < -0.4 is 11.1 Å². The molecule has 0 saturated carbocycles. The molecule has 0 aliphatic heterocycles. The molecule has 0 fully saturated rings. The van der Waals surface area contributed by atoms with E-state index in [4.69, 9.17) is 5.73 Å². The number of hydrogen-bond donors (Lipinski definition) is 2. The molecule has 1 heterocycles. The van der Waals surface area contributed by atoms with Crippen LogP contribution in [0.4, 0.5) is 5.13 Å². The fraction of sp³-hybridized carbons (Fsp3) is 0.375. The molecule has 21 heavy (non-hydrogen) atoms. The van der Waals surface area contributed by atoms with Crippen molar-refractivity contribution in [3.8, 4) is 11.3 Å². The molecule has 1 amide bonds. The number of carbonyl (C=O) groups excluding carboxylic acids is 1. The lowest BCUT2D eigenvalue weighted by Crippen LogP contribution is -2.32. The Morgan fingerprint density at radius 2 is 2.05 bits per heavy atom. The van der Waals surface area contributed by atoms with Crippen molar-refractivity contribution in [2.45, 2.75) is 39.7 Å². The number of nitrogens with zero attached hydrogens (tertiary/aromatic N) is 1. The number of nitrogens with one attached hydrogen (secondary N) is 1. The molecule has 1 aromatic carbocycles. The molecule has 5 heteroatoms. The van der Waals surface area contributed by atoms with E-state index in [1.165, 1.54) is 16.9 Å². The fourth-order valence-corrected chi connectivity index (χ4v) is 2.89. The van der Waals surface area contributed by atoms with Crippen LogP contribution >= 0.6 is 11.3 Å². The molecular weight excluding hydrogens is 282 g/mol. The first-order valence-electron chi connectivity index (χ1n) is 7.14. The van der Waals surface area contributed by atoms with Gasteiger partial charge in [-0.15, -0.1) is 11.3 Å². The molecule has 0 saturated heterocycles. The number of hydrogen-bond acceptors (Lipinski definition) is 4. The van der Waals surface area contributed by atoms with Gasteiger partial charge in [-0.3, -0.25) is 4.79 Å². The maximum atomic E-state index is 11.6. The summed E-state index contributed by atoms with van der Waals surface area (Å²) >= 11 is 1.47. The van der Waals surface area contributed by atoms with Crippen LogP contribution in [0.15, 0.2) is 24.3 Å². The van der Waals surface area contributed by atoms with E-state index in [2.05, 4.69) is 41.5 Å². The van der Waals surface area contributed by atoms with Gasteiger partial charge < -0.3 is 11.1 Å². The Bertz CT molecular complexity index is 617. The lowest BCUT2D eigenvalue weighted by atomic mass is 10.1.